The zero-order chi connectivity index (χ0) is 13.2. The largest absolute Gasteiger partial charge is 0.493 e. The number of hydrogen-bond acceptors (Lipinski definition) is 5. The van der Waals surface area contributed by atoms with Crippen molar-refractivity contribution >= 4 is 0 Å². The third-order valence-corrected chi connectivity index (χ3v) is 2.45. The summed E-state index contributed by atoms with van der Waals surface area (Å²) in [5, 5.41) is 3.27. The lowest BCUT2D eigenvalue weighted by Crippen LogP contribution is -2.20. The highest BCUT2D eigenvalue weighted by Crippen LogP contribution is 2.29. The van der Waals surface area contributed by atoms with Gasteiger partial charge in [-0.05, 0) is 13.0 Å². The summed E-state index contributed by atoms with van der Waals surface area (Å²) in [6.07, 6.45) is 2.82. The van der Waals surface area contributed by atoms with Crippen LogP contribution in [0.4, 0.5) is 0 Å². The molecule has 1 aromatic rings. The normalized spacial score (nSPS) is 10.4. The molecule has 0 saturated carbocycles. The first-order chi connectivity index (χ1) is 8.83. The van der Waals surface area contributed by atoms with E-state index in [1.165, 1.54) is 0 Å². The van der Waals surface area contributed by atoms with E-state index in [0.717, 1.165) is 25.2 Å². The van der Waals surface area contributed by atoms with Crippen LogP contribution in [0, 0.1) is 0 Å². The highest BCUT2D eigenvalue weighted by molar-refractivity contribution is 5.42. The first kappa shape index (κ1) is 14.7. The summed E-state index contributed by atoms with van der Waals surface area (Å²) in [6, 6.07) is 1.77. The molecule has 0 saturated heterocycles. The first-order valence-corrected chi connectivity index (χ1v) is 6.17. The number of hydrogen-bond donors (Lipinski definition) is 1. The zero-order valence-electron chi connectivity index (χ0n) is 11.4. The van der Waals surface area contributed by atoms with Crippen LogP contribution < -0.4 is 14.8 Å². The van der Waals surface area contributed by atoms with Gasteiger partial charge in [-0.3, -0.25) is 4.98 Å². The lowest BCUT2D eigenvalue weighted by molar-refractivity contribution is 0.117. The van der Waals surface area contributed by atoms with E-state index in [1.807, 2.05) is 0 Å². The van der Waals surface area contributed by atoms with E-state index in [0.29, 0.717) is 24.7 Å². The number of pyridine rings is 1. The summed E-state index contributed by atoms with van der Waals surface area (Å²) < 4.78 is 16.0. The quantitative estimate of drug-likeness (QED) is 0.679. The van der Waals surface area contributed by atoms with E-state index < -0.39 is 0 Å². The molecule has 0 unspecified atom stereocenters. The fraction of sp³-hybridized carbons (Fsp3) is 0.615. The second-order valence-electron chi connectivity index (χ2n) is 3.80. The van der Waals surface area contributed by atoms with Crippen LogP contribution in [0.2, 0.25) is 0 Å². The van der Waals surface area contributed by atoms with E-state index in [4.69, 9.17) is 14.2 Å². The fourth-order valence-electron chi connectivity index (χ4n) is 1.57. The molecule has 0 bridgehead atoms. The van der Waals surface area contributed by atoms with Gasteiger partial charge < -0.3 is 19.5 Å². The van der Waals surface area contributed by atoms with Crippen molar-refractivity contribution in [3.8, 4) is 11.5 Å². The molecule has 1 rings (SSSR count). The number of nitrogens with zero attached hydrogens (tertiary/aromatic N) is 1. The van der Waals surface area contributed by atoms with Crippen molar-refractivity contribution in [2.75, 3.05) is 33.9 Å². The second kappa shape index (κ2) is 8.72. The number of rotatable bonds is 9. The summed E-state index contributed by atoms with van der Waals surface area (Å²) in [5.74, 6) is 1.32. The molecule has 0 amide bonds. The Labute approximate surface area is 108 Å². The molecular weight excluding hydrogens is 232 g/mol. The molecule has 5 heteroatoms. The summed E-state index contributed by atoms with van der Waals surface area (Å²) in [7, 11) is 3.21. The monoisotopic (exact) mass is 254 g/mol. The Kier molecular flexibility index (Phi) is 7.13. The van der Waals surface area contributed by atoms with E-state index in [2.05, 4.69) is 17.2 Å². The minimum Gasteiger partial charge on any atom is -0.493 e. The van der Waals surface area contributed by atoms with Crippen LogP contribution in [-0.4, -0.2) is 38.9 Å². The molecule has 0 radical (unpaired) electrons. The van der Waals surface area contributed by atoms with Crippen molar-refractivity contribution in [1.29, 1.82) is 0 Å². The van der Waals surface area contributed by atoms with Crippen molar-refractivity contribution in [2.24, 2.45) is 0 Å². The van der Waals surface area contributed by atoms with Crippen LogP contribution in [0.25, 0.3) is 0 Å². The SMILES string of the molecule is CCCNCCOCc1nccc(OC)c1OC. The topological polar surface area (TPSA) is 52.6 Å². The average molecular weight is 254 g/mol. The Morgan fingerprint density at radius 2 is 2.06 bits per heavy atom. The summed E-state index contributed by atoms with van der Waals surface area (Å²) in [5.41, 5.74) is 0.757. The molecule has 0 aliphatic carbocycles. The predicted molar refractivity (Wildman–Crippen MR) is 70.2 cm³/mol. The van der Waals surface area contributed by atoms with Crippen molar-refractivity contribution in [1.82, 2.24) is 10.3 Å². The Balaban J connectivity index is 2.41. The van der Waals surface area contributed by atoms with E-state index >= 15 is 0 Å². The lowest BCUT2D eigenvalue weighted by atomic mass is 10.3. The maximum atomic E-state index is 5.55. The van der Waals surface area contributed by atoms with Crippen LogP contribution in [0.3, 0.4) is 0 Å². The average Bonchev–Trinajstić information content (AvgIpc) is 2.42. The predicted octanol–water partition coefficient (Wildman–Crippen LogP) is 1.61. The molecule has 5 nitrogen and oxygen atoms in total. The van der Waals surface area contributed by atoms with Crippen LogP contribution >= 0.6 is 0 Å². The summed E-state index contributed by atoms with van der Waals surface area (Å²) >= 11 is 0. The van der Waals surface area contributed by atoms with Crippen molar-refractivity contribution < 1.29 is 14.2 Å². The minimum absolute atomic E-state index is 0.425. The second-order valence-corrected chi connectivity index (χ2v) is 3.80. The van der Waals surface area contributed by atoms with Gasteiger partial charge in [0.25, 0.3) is 0 Å². The number of aromatic nitrogens is 1. The van der Waals surface area contributed by atoms with Crippen molar-refractivity contribution in [3.63, 3.8) is 0 Å². The maximum Gasteiger partial charge on any atom is 0.184 e. The smallest absolute Gasteiger partial charge is 0.184 e. The Morgan fingerprint density at radius 3 is 2.72 bits per heavy atom. The minimum atomic E-state index is 0.425. The van der Waals surface area contributed by atoms with E-state index in [1.54, 1.807) is 26.5 Å². The lowest BCUT2D eigenvalue weighted by Gasteiger charge is -2.11. The van der Waals surface area contributed by atoms with Crippen LogP contribution in [-0.2, 0) is 11.3 Å². The number of ether oxygens (including phenoxy) is 3. The molecular formula is C13H22N2O3. The molecule has 18 heavy (non-hydrogen) atoms. The first-order valence-electron chi connectivity index (χ1n) is 6.17. The van der Waals surface area contributed by atoms with Gasteiger partial charge >= 0.3 is 0 Å². The van der Waals surface area contributed by atoms with Crippen LogP contribution in [0.1, 0.15) is 19.0 Å². The molecule has 0 aliphatic heterocycles. The fourth-order valence-corrected chi connectivity index (χ4v) is 1.57. The maximum absolute atomic E-state index is 5.55. The Bertz CT molecular complexity index is 345. The van der Waals surface area contributed by atoms with Gasteiger partial charge in [0.05, 0.1) is 27.4 Å². The molecule has 0 spiro atoms. The summed E-state index contributed by atoms with van der Waals surface area (Å²) in [4.78, 5) is 4.24. The Morgan fingerprint density at radius 1 is 1.22 bits per heavy atom. The van der Waals surface area contributed by atoms with Gasteiger partial charge in [0.1, 0.15) is 5.69 Å². The van der Waals surface area contributed by atoms with Gasteiger partial charge in [-0.15, -0.1) is 0 Å². The van der Waals surface area contributed by atoms with Gasteiger partial charge in [-0.2, -0.15) is 0 Å². The van der Waals surface area contributed by atoms with Gasteiger partial charge in [0.15, 0.2) is 11.5 Å². The third-order valence-electron chi connectivity index (χ3n) is 2.45. The van der Waals surface area contributed by atoms with Gasteiger partial charge in [-0.1, -0.05) is 6.92 Å². The molecule has 1 N–H and O–H groups in total. The van der Waals surface area contributed by atoms with Crippen molar-refractivity contribution in [2.45, 2.75) is 20.0 Å². The number of nitrogens with one attached hydrogen (secondary N) is 1. The molecule has 0 aromatic carbocycles. The van der Waals surface area contributed by atoms with Crippen LogP contribution in [0.15, 0.2) is 12.3 Å². The van der Waals surface area contributed by atoms with E-state index in [-0.39, 0.29) is 0 Å². The molecule has 1 aromatic heterocycles. The molecule has 0 aliphatic rings. The summed E-state index contributed by atoms with van der Waals surface area (Å²) in [6.45, 7) is 5.08. The molecule has 0 fully saturated rings. The standard InChI is InChI=1S/C13H22N2O3/c1-4-6-14-8-9-18-10-11-13(17-3)12(16-2)5-7-15-11/h5,7,14H,4,6,8-10H2,1-3H3. The Hall–Kier alpha value is -1.33. The number of methoxy groups -OCH3 is 2. The van der Waals surface area contributed by atoms with Gasteiger partial charge in [-0.25, -0.2) is 0 Å². The molecule has 0 atom stereocenters. The van der Waals surface area contributed by atoms with Crippen LogP contribution in [0.5, 0.6) is 11.5 Å². The van der Waals surface area contributed by atoms with E-state index in [9.17, 15) is 0 Å². The van der Waals surface area contributed by atoms with Gasteiger partial charge in [0.2, 0.25) is 0 Å². The van der Waals surface area contributed by atoms with Gasteiger partial charge in [0, 0.05) is 18.8 Å². The third kappa shape index (κ3) is 4.50. The highest BCUT2D eigenvalue weighted by atomic mass is 16.5. The molecule has 102 valence electrons. The highest BCUT2D eigenvalue weighted by Gasteiger charge is 2.10. The van der Waals surface area contributed by atoms with Crippen molar-refractivity contribution in [3.05, 3.63) is 18.0 Å². The molecule has 1 heterocycles. The zero-order valence-corrected chi connectivity index (χ0v) is 11.4.